The van der Waals surface area contributed by atoms with Crippen LogP contribution in [0.2, 0.25) is 0 Å². The molecule has 0 fully saturated rings. The van der Waals surface area contributed by atoms with Gasteiger partial charge in [0, 0.05) is 5.56 Å². The number of nitrogens with zero attached hydrogens (tertiary/aromatic N) is 2. The first kappa shape index (κ1) is 12.2. The molecule has 86 valence electrons. The van der Waals surface area contributed by atoms with Crippen molar-refractivity contribution in [3.63, 3.8) is 0 Å². The monoisotopic (exact) mass is 220 g/mol. The van der Waals surface area contributed by atoms with Crippen LogP contribution in [0.15, 0.2) is 34.6 Å². The Hall–Kier alpha value is -1.84. The van der Waals surface area contributed by atoms with E-state index in [0.717, 1.165) is 5.56 Å². The second-order valence-corrected chi connectivity index (χ2v) is 3.35. The van der Waals surface area contributed by atoms with Crippen molar-refractivity contribution in [2.75, 3.05) is 14.2 Å². The summed E-state index contributed by atoms with van der Waals surface area (Å²) in [6.07, 6.45) is 0. The minimum atomic E-state index is 0.671. The second kappa shape index (κ2) is 5.90. The summed E-state index contributed by atoms with van der Waals surface area (Å²) in [5, 5.41) is 7.80. The van der Waals surface area contributed by atoms with Gasteiger partial charge in [-0.05, 0) is 13.8 Å². The van der Waals surface area contributed by atoms with Crippen molar-refractivity contribution in [3.8, 4) is 0 Å². The van der Waals surface area contributed by atoms with Crippen molar-refractivity contribution in [1.29, 1.82) is 0 Å². The Morgan fingerprint density at radius 3 is 2.06 bits per heavy atom. The third kappa shape index (κ3) is 3.08. The smallest absolute Gasteiger partial charge is 0.134 e. The van der Waals surface area contributed by atoms with Gasteiger partial charge in [-0.25, -0.2) is 0 Å². The van der Waals surface area contributed by atoms with Gasteiger partial charge in [0.1, 0.15) is 25.6 Å². The summed E-state index contributed by atoms with van der Waals surface area (Å²) in [5.74, 6) is 0. The first-order valence-corrected chi connectivity index (χ1v) is 4.95. The fraction of sp³-hybridized carbons (Fsp3) is 0.333. The van der Waals surface area contributed by atoms with E-state index >= 15 is 0 Å². The van der Waals surface area contributed by atoms with Crippen molar-refractivity contribution >= 4 is 11.4 Å². The van der Waals surface area contributed by atoms with Crippen LogP contribution in [0.25, 0.3) is 0 Å². The Labute approximate surface area is 95.5 Å². The van der Waals surface area contributed by atoms with Crippen LogP contribution in [0.1, 0.15) is 18.1 Å². The Kier molecular flexibility index (Phi) is 4.51. The molecule has 1 aromatic carbocycles. The molecule has 0 bridgehead atoms. The maximum absolute atomic E-state index is 4.81. The average molecular weight is 220 g/mol. The van der Waals surface area contributed by atoms with Crippen molar-refractivity contribution in [2.24, 2.45) is 10.3 Å². The zero-order chi connectivity index (χ0) is 12.0. The molecule has 0 spiro atoms. The Bertz CT molecular complexity index is 394. The van der Waals surface area contributed by atoms with E-state index in [1.165, 1.54) is 19.8 Å². The fourth-order valence-corrected chi connectivity index (χ4v) is 1.31. The predicted molar refractivity (Wildman–Crippen MR) is 64.8 cm³/mol. The number of benzene rings is 1. The van der Waals surface area contributed by atoms with Gasteiger partial charge >= 0.3 is 0 Å². The maximum atomic E-state index is 4.81. The highest BCUT2D eigenvalue weighted by molar-refractivity contribution is 6.47. The molecule has 0 radical (unpaired) electrons. The summed E-state index contributed by atoms with van der Waals surface area (Å²) in [5.41, 5.74) is 3.49. The van der Waals surface area contributed by atoms with Crippen LogP contribution in [-0.4, -0.2) is 25.6 Å². The van der Waals surface area contributed by atoms with E-state index in [0.29, 0.717) is 11.4 Å². The molecule has 1 aromatic rings. The molecule has 0 unspecified atom stereocenters. The summed E-state index contributed by atoms with van der Waals surface area (Å²) in [4.78, 5) is 9.54. The van der Waals surface area contributed by atoms with Crippen LogP contribution in [-0.2, 0) is 9.68 Å². The van der Waals surface area contributed by atoms with E-state index in [9.17, 15) is 0 Å². The summed E-state index contributed by atoms with van der Waals surface area (Å²) >= 11 is 0. The molecule has 0 amide bonds. The molecule has 0 aliphatic rings. The van der Waals surface area contributed by atoms with Gasteiger partial charge in [-0.2, -0.15) is 0 Å². The average Bonchev–Trinajstić information content (AvgIpc) is 2.28. The molecule has 0 saturated heterocycles. The molecule has 0 saturated carbocycles. The van der Waals surface area contributed by atoms with Gasteiger partial charge in [0.05, 0.1) is 0 Å². The fourth-order valence-electron chi connectivity index (χ4n) is 1.31. The third-order valence-electron chi connectivity index (χ3n) is 2.08. The van der Waals surface area contributed by atoms with Crippen molar-refractivity contribution in [3.05, 3.63) is 35.4 Å². The Morgan fingerprint density at radius 2 is 1.56 bits per heavy atom. The normalized spacial score (nSPS) is 12.5. The quantitative estimate of drug-likeness (QED) is 0.577. The molecule has 0 aliphatic carbocycles. The SMILES string of the molecule is CO/N=C(C)/C(=N/OC)c1ccc(C)cc1. The number of hydrogen-bond donors (Lipinski definition) is 0. The molecular formula is C12H16N2O2. The molecule has 16 heavy (non-hydrogen) atoms. The lowest BCUT2D eigenvalue weighted by Crippen LogP contribution is -2.13. The van der Waals surface area contributed by atoms with Gasteiger partial charge < -0.3 is 9.68 Å². The summed E-state index contributed by atoms with van der Waals surface area (Å²) in [6.45, 7) is 3.86. The molecule has 4 heteroatoms. The largest absolute Gasteiger partial charge is 0.399 e. The van der Waals surface area contributed by atoms with E-state index in [4.69, 9.17) is 9.68 Å². The lowest BCUT2D eigenvalue weighted by molar-refractivity contribution is 0.210. The topological polar surface area (TPSA) is 43.2 Å². The summed E-state index contributed by atoms with van der Waals surface area (Å²) < 4.78 is 0. The van der Waals surface area contributed by atoms with Gasteiger partial charge in [-0.15, -0.1) is 0 Å². The van der Waals surface area contributed by atoms with Crippen LogP contribution in [0.5, 0.6) is 0 Å². The standard InChI is InChI=1S/C12H16N2O2/c1-9-5-7-11(8-6-9)12(14-16-4)10(2)13-15-3/h5-8H,1-4H3/b13-10+,14-12-. The summed E-state index contributed by atoms with van der Waals surface area (Å²) in [6, 6.07) is 7.98. The van der Waals surface area contributed by atoms with Gasteiger partial charge in [-0.1, -0.05) is 40.1 Å². The third-order valence-corrected chi connectivity index (χ3v) is 2.08. The molecule has 0 aliphatic heterocycles. The first-order valence-electron chi connectivity index (χ1n) is 4.95. The van der Waals surface area contributed by atoms with E-state index < -0.39 is 0 Å². The van der Waals surface area contributed by atoms with Crippen LogP contribution >= 0.6 is 0 Å². The molecule has 1 rings (SSSR count). The van der Waals surface area contributed by atoms with Crippen LogP contribution in [0, 0.1) is 6.92 Å². The van der Waals surface area contributed by atoms with Gasteiger partial charge in [0.2, 0.25) is 0 Å². The second-order valence-electron chi connectivity index (χ2n) is 3.35. The zero-order valence-corrected chi connectivity index (χ0v) is 10.0. The number of oxime groups is 2. The minimum Gasteiger partial charge on any atom is -0.399 e. The maximum Gasteiger partial charge on any atom is 0.134 e. The lowest BCUT2D eigenvalue weighted by atomic mass is 10.1. The zero-order valence-electron chi connectivity index (χ0n) is 10.0. The molecule has 0 heterocycles. The molecule has 0 N–H and O–H groups in total. The van der Waals surface area contributed by atoms with Crippen molar-refractivity contribution in [1.82, 2.24) is 0 Å². The number of aryl methyl sites for hydroxylation is 1. The van der Waals surface area contributed by atoms with Crippen LogP contribution < -0.4 is 0 Å². The van der Waals surface area contributed by atoms with E-state index in [1.54, 1.807) is 0 Å². The highest BCUT2D eigenvalue weighted by Crippen LogP contribution is 2.07. The van der Waals surface area contributed by atoms with E-state index in [-0.39, 0.29) is 0 Å². The number of rotatable bonds is 4. The highest BCUT2D eigenvalue weighted by atomic mass is 16.6. The summed E-state index contributed by atoms with van der Waals surface area (Å²) in [7, 11) is 3.01. The number of hydrogen-bond acceptors (Lipinski definition) is 4. The van der Waals surface area contributed by atoms with Gasteiger partial charge in [0.15, 0.2) is 0 Å². The molecule has 0 atom stereocenters. The highest BCUT2D eigenvalue weighted by Gasteiger charge is 2.08. The van der Waals surface area contributed by atoms with E-state index in [1.807, 2.05) is 38.1 Å². The molecule has 4 nitrogen and oxygen atoms in total. The Balaban J connectivity index is 3.08. The van der Waals surface area contributed by atoms with E-state index in [2.05, 4.69) is 10.3 Å². The lowest BCUT2D eigenvalue weighted by Gasteiger charge is -2.05. The predicted octanol–water partition coefficient (Wildman–Crippen LogP) is 2.37. The van der Waals surface area contributed by atoms with Crippen molar-refractivity contribution < 1.29 is 9.68 Å². The first-order chi connectivity index (χ1) is 7.69. The molecular weight excluding hydrogens is 204 g/mol. The minimum absolute atomic E-state index is 0.671. The van der Waals surface area contributed by atoms with Gasteiger partial charge in [-0.3, -0.25) is 0 Å². The Morgan fingerprint density at radius 1 is 1.00 bits per heavy atom. The van der Waals surface area contributed by atoms with Crippen LogP contribution in [0.3, 0.4) is 0 Å². The molecule has 0 aromatic heterocycles. The van der Waals surface area contributed by atoms with Crippen LogP contribution in [0.4, 0.5) is 0 Å². The van der Waals surface area contributed by atoms with Crippen molar-refractivity contribution in [2.45, 2.75) is 13.8 Å². The van der Waals surface area contributed by atoms with Gasteiger partial charge in [0.25, 0.3) is 0 Å².